The van der Waals surface area contributed by atoms with Gasteiger partial charge < -0.3 is 5.32 Å². The van der Waals surface area contributed by atoms with Gasteiger partial charge >= 0.3 is 0 Å². The molecule has 17 heavy (non-hydrogen) atoms. The first kappa shape index (κ1) is 12.0. The molecule has 0 aliphatic rings. The van der Waals surface area contributed by atoms with Crippen LogP contribution in [0.25, 0.3) is 5.65 Å². The standard InChI is InChI=1S/C11H16N4OS/c1-9-4-6-15-10(8-9)13-11(14-15)12-5-3-7-17(2)16/h4,6,8H,3,5,7H2,1-2H3,(H,12,14). The highest BCUT2D eigenvalue weighted by Crippen LogP contribution is 2.07. The van der Waals surface area contributed by atoms with Crippen LogP contribution in [0.5, 0.6) is 0 Å². The van der Waals surface area contributed by atoms with E-state index in [4.69, 9.17) is 0 Å². The lowest BCUT2D eigenvalue weighted by molar-refractivity contribution is 0.685. The van der Waals surface area contributed by atoms with E-state index in [0.29, 0.717) is 11.7 Å². The highest BCUT2D eigenvalue weighted by molar-refractivity contribution is 7.84. The Hall–Kier alpha value is -1.43. The monoisotopic (exact) mass is 252 g/mol. The van der Waals surface area contributed by atoms with Crippen LogP contribution in [0.3, 0.4) is 0 Å². The molecule has 6 heteroatoms. The molecule has 0 saturated carbocycles. The van der Waals surface area contributed by atoms with E-state index in [0.717, 1.165) is 24.2 Å². The molecule has 0 aromatic carbocycles. The first-order valence-electron chi connectivity index (χ1n) is 5.52. The zero-order chi connectivity index (χ0) is 12.3. The van der Waals surface area contributed by atoms with Gasteiger partial charge in [-0.25, -0.2) is 4.52 Å². The van der Waals surface area contributed by atoms with E-state index in [9.17, 15) is 4.21 Å². The second kappa shape index (κ2) is 5.27. The summed E-state index contributed by atoms with van der Waals surface area (Å²) < 4.78 is 12.6. The normalized spacial score (nSPS) is 12.8. The lowest BCUT2D eigenvalue weighted by Gasteiger charge is -1.99. The molecule has 2 rings (SSSR count). The second-order valence-electron chi connectivity index (χ2n) is 4.00. The second-order valence-corrected chi connectivity index (χ2v) is 5.55. The summed E-state index contributed by atoms with van der Waals surface area (Å²) in [4.78, 5) is 4.36. The van der Waals surface area contributed by atoms with Crippen molar-refractivity contribution in [2.45, 2.75) is 13.3 Å². The lowest BCUT2D eigenvalue weighted by atomic mass is 10.3. The molecule has 2 aromatic rings. The third kappa shape index (κ3) is 3.26. The van der Waals surface area contributed by atoms with Crippen molar-refractivity contribution in [1.82, 2.24) is 14.6 Å². The summed E-state index contributed by atoms with van der Waals surface area (Å²) in [5.74, 6) is 1.33. The smallest absolute Gasteiger partial charge is 0.243 e. The minimum absolute atomic E-state index is 0.623. The minimum Gasteiger partial charge on any atom is -0.353 e. The molecule has 0 aliphatic heterocycles. The van der Waals surface area contributed by atoms with Gasteiger partial charge in [-0.1, -0.05) is 0 Å². The molecule has 5 nitrogen and oxygen atoms in total. The quantitative estimate of drug-likeness (QED) is 0.813. The summed E-state index contributed by atoms with van der Waals surface area (Å²) >= 11 is 0. The van der Waals surface area contributed by atoms with Gasteiger partial charge in [0, 0.05) is 35.5 Å². The predicted molar refractivity (Wildman–Crippen MR) is 69.8 cm³/mol. The fourth-order valence-corrected chi connectivity index (χ4v) is 2.08. The fraction of sp³-hybridized carbons (Fsp3) is 0.455. The maximum Gasteiger partial charge on any atom is 0.243 e. The zero-order valence-corrected chi connectivity index (χ0v) is 10.8. The van der Waals surface area contributed by atoms with E-state index in [1.165, 1.54) is 0 Å². The number of hydrogen-bond donors (Lipinski definition) is 1. The number of rotatable bonds is 5. The van der Waals surface area contributed by atoms with Gasteiger partial charge in [0.15, 0.2) is 5.65 Å². The molecule has 0 aliphatic carbocycles. The van der Waals surface area contributed by atoms with Gasteiger partial charge in [0.25, 0.3) is 0 Å². The summed E-state index contributed by atoms with van der Waals surface area (Å²) in [7, 11) is -0.727. The Bertz CT molecular complexity index is 537. The molecule has 1 atom stereocenters. The number of pyridine rings is 1. The van der Waals surface area contributed by atoms with Crippen molar-refractivity contribution in [2.75, 3.05) is 23.9 Å². The summed E-state index contributed by atoms with van der Waals surface area (Å²) in [5.41, 5.74) is 2.00. The minimum atomic E-state index is -0.727. The van der Waals surface area contributed by atoms with Crippen LogP contribution in [0.4, 0.5) is 5.95 Å². The van der Waals surface area contributed by atoms with Gasteiger partial charge in [-0.3, -0.25) is 4.21 Å². The van der Waals surface area contributed by atoms with Crippen molar-refractivity contribution < 1.29 is 4.21 Å². The van der Waals surface area contributed by atoms with E-state index < -0.39 is 10.8 Å². The highest BCUT2D eigenvalue weighted by Gasteiger charge is 2.02. The Balaban J connectivity index is 1.97. The summed E-state index contributed by atoms with van der Waals surface area (Å²) in [6, 6.07) is 3.98. The van der Waals surface area contributed by atoms with Crippen LogP contribution in [0, 0.1) is 6.92 Å². The Morgan fingerprint density at radius 3 is 3.12 bits per heavy atom. The molecule has 0 saturated heterocycles. The van der Waals surface area contributed by atoms with Crippen molar-refractivity contribution in [1.29, 1.82) is 0 Å². The molecular formula is C11H16N4OS. The molecule has 1 unspecified atom stereocenters. The number of nitrogens with one attached hydrogen (secondary N) is 1. The Morgan fingerprint density at radius 2 is 2.35 bits per heavy atom. The molecule has 2 aromatic heterocycles. The van der Waals surface area contributed by atoms with E-state index in [1.54, 1.807) is 10.8 Å². The maximum atomic E-state index is 10.9. The maximum absolute atomic E-state index is 10.9. The molecule has 2 heterocycles. The topological polar surface area (TPSA) is 59.3 Å². The van der Waals surface area contributed by atoms with Gasteiger partial charge in [0.2, 0.25) is 5.95 Å². The first-order chi connectivity index (χ1) is 8.15. The Morgan fingerprint density at radius 1 is 1.53 bits per heavy atom. The molecule has 92 valence electrons. The van der Waals surface area contributed by atoms with Crippen LogP contribution in [-0.2, 0) is 10.8 Å². The molecule has 0 spiro atoms. The zero-order valence-electron chi connectivity index (χ0n) is 10.0. The molecule has 0 radical (unpaired) electrons. The van der Waals surface area contributed by atoms with E-state index in [1.807, 2.05) is 25.3 Å². The third-order valence-corrected chi connectivity index (χ3v) is 3.25. The van der Waals surface area contributed by atoms with Crippen molar-refractivity contribution in [2.24, 2.45) is 0 Å². The van der Waals surface area contributed by atoms with Crippen LogP contribution >= 0.6 is 0 Å². The number of nitrogens with zero attached hydrogens (tertiary/aromatic N) is 3. The summed E-state index contributed by atoms with van der Waals surface area (Å²) in [6.07, 6.45) is 4.47. The van der Waals surface area contributed by atoms with Gasteiger partial charge in [0.05, 0.1) is 0 Å². The van der Waals surface area contributed by atoms with Gasteiger partial charge in [-0.05, 0) is 31.0 Å². The largest absolute Gasteiger partial charge is 0.353 e. The van der Waals surface area contributed by atoms with Crippen molar-refractivity contribution >= 4 is 22.4 Å². The lowest BCUT2D eigenvalue weighted by Crippen LogP contribution is -2.07. The van der Waals surface area contributed by atoms with Crippen LogP contribution in [0.15, 0.2) is 18.3 Å². The first-order valence-corrected chi connectivity index (χ1v) is 7.25. The molecule has 0 bridgehead atoms. The van der Waals surface area contributed by atoms with E-state index in [2.05, 4.69) is 15.4 Å². The number of aryl methyl sites for hydroxylation is 1. The summed E-state index contributed by atoms with van der Waals surface area (Å²) in [5, 5.41) is 7.42. The number of aromatic nitrogens is 3. The number of anilines is 1. The van der Waals surface area contributed by atoms with Crippen molar-refractivity contribution in [3.05, 3.63) is 23.9 Å². The number of hydrogen-bond acceptors (Lipinski definition) is 4. The van der Waals surface area contributed by atoms with E-state index >= 15 is 0 Å². The Kier molecular flexibility index (Phi) is 3.73. The average Bonchev–Trinajstić information content (AvgIpc) is 2.66. The highest BCUT2D eigenvalue weighted by atomic mass is 32.2. The average molecular weight is 252 g/mol. The molecule has 1 N–H and O–H groups in total. The fourth-order valence-electron chi connectivity index (χ4n) is 1.53. The molecular weight excluding hydrogens is 236 g/mol. The molecule has 0 amide bonds. The Labute approximate surface area is 103 Å². The van der Waals surface area contributed by atoms with Crippen molar-refractivity contribution in [3.8, 4) is 0 Å². The SMILES string of the molecule is Cc1ccn2nc(NCCCS(C)=O)nc2c1. The van der Waals surface area contributed by atoms with Crippen LogP contribution < -0.4 is 5.32 Å². The van der Waals surface area contributed by atoms with Crippen LogP contribution in [-0.4, -0.2) is 37.4 Å². The van der Waals surface area contributed by atoms with Crippen LogP contribution in [0.1, 0.15) is 12.0 Å². The van der Waals surface area contributed by atoms with Gasteiger partial charge in [-0.2, -0.15) is 4.98 Å². The van der Waals surface area contributed by atoms with Gasteiger partial charge in [-0.15, -0.1) is 5.10 Å². The molecule has 0 fully saturated rings. The predicted octanol–water partition coefficient (Wildman–Crippen LogP) is 1.22. The number of fused-ring (bicyclic) bond motifs is 1. The summed E-state index contributed by atoms with van der Waals surface area (Å²) in [6.45, 7) is 2.77. The third-order valence-electron chi connectivity index (χ3n) is 2.38. The van der Waals surface area contributed by atoms with Crippen LogP contribution in [0.2, 0.25) is 0 Å². The van der Waals surface area contributed by atoms with Crippen molar-refractivity contribution in [3.63, 3.8) is 0 Å². The van der Waals surface area contributed by atoms with Gasteiger partial charge in [0.1, 0.15) is 0 Å². The van der Waals surface area contributed by atoms with E-state index in [-0.39, 0.29) is 0 Å².